The fraction of sp³-hybridized carbons (Fsp3) is 0.333. The van der Waals surface area contributed by atoms with Crippen molar-refractivity contribution in [1.29, 1.82) is 0 Å². The first-order chi connectivity index (χ1) is 5.74. The first kappa shape index (κ1) is 9.87. The molecule has 66 valence electrons. The summed E-state index contributed by atoms with van der Waals surface area (Å²) in [6.45, 7) is 2.58. The smallest absolute Gasteiger partial charge is 0.119 e. The van der Waals surface area contributed by atoms with Crippen molar-refractivity contribution in [2.75, 3.05) is 12.5 Å². The predicted molar refractivity (Wildman–Crippen MR) is 55.1 cm³/mol. The number of hydrogen-bond donors (Lipinski definition) is 0. The van der Waals surface area contributed by atoms with Crippen LogP contribution < -0.4 is 4.74 Å². The molecular formula is C9H10BrClO. The molecule has 0 saturated heterocycles. The van der Waals surface area contributed by atoms with E-state index in [1.807, 2.05) is 25.1 Å². The molecule has 0 atom stereocenters. The van der Waals surface area contributed by atoms with Crippen molar-refractivity contribution < 1.29 is 4.74 Å². The molecule has 0 N–H and O–H groups in total. The van der Waals surface area contributed by atoms with E-state index in [0.29, 0.717) is 12.5 Å². The lowest BCUT2D eigenvalue weighted by atomic mass is 10.2. The van der Waals surface area contributed by atoms with Gasteiger partial charge in [-0.25, -0.2) is 0 Å². The summed E-state index contributed by atoms with van der Waals surface area (Å²) in [4.78, 5) is 0. The van der Waals surface area contributed by atoms with E-state index in [0.717, 1.165) is 10.2 Å². The van der Waals surface area contributed by atoms with E-state index in [9.17, 15) is 0 Å². The fourth-order valence-electron chi connectivity index (χ4n) is 0.863. The van der Waals surface area contributed by atoms with Gasteiger partial charge in [0.1, 0.15) is 12.4 Å². The van der Waals surface area contributed by atoms with E-state index >= 15 is 0 Å². The van der Waals surface area contributed by atoms with Crippen LogP contribution in [0.4, 0.5) is 0 Å². The monoisotopic (exact) mass is 248 g/mol. The van der Waals surface area contributed by atoms with E-state index in [-0.39, 0.29) is 0 Å². The molecule has 0 saturated carbocycles. The van der Waals surface area contributed by atoms with Crippen molar-refractivity contribution in [3.8, 4) is 5.75 Å². The van der Waals surface area contributed by atoms with Crippen molar-refractivity contribution in [1.82, 2.24) is 0 Å². The van der Waals surface area contributed by atoms with Gasteiger partial charge >= 0.3 is 0 Å². The molecule has 0 unspecified atom stereocenters. The van der Waals surface area contributed by atoms with Gasteiger partial charge in [0.15, 0.2) is 0 Å². The fourth-order valence-corrected chi connectivity index (χ4v) is 1.19. The predicted octanol–water partition coefficient (Wildman–Crippen LogP) is 3.38. The van der Waals surface area contributed by atoms with Gasteiger partial charge in [0.25, 0.3) is 0 Å². The van der Waals surface area contributed by atoms with Crippen LogP contribution in [-0.4, -0.2) is 12.5 Å². The van der Waals surface area contributed by atoms with Crippen LogP contribution in [0.2, 0.25) is 0 Å². The summed E-state index contributed by atoms with van der Waals surface area (Å²) < 4.78 is 6.44. The average Bonchev–Trinajstić information content (AvgIpc) is 2.07. The molecule has 0 fully saturated rings. The van der Waals surface area contributed by atoms with E-state index in [2.05, 4.69) is 15.9 Å². The van der Waals surface area contributed by atoms with Crippen molar-refractivity contribution >= 4 is 27.5 Å². The van der Waals surface area contributed by atoms with Gasteiger partial charge in [-0.2, -0.15) is 0 Å². The normalized spacial score (nSPS) is 9.92. The lowest BCUT2D eigenvalue weighted by molar-refractivity contribution is 0.342. The molecular weight excluding hydrogens is 239 g/mol. The summed E-state index contributed by atoms with van der Waals surface area (Å²) in [5.74, 6) is 1.39. The Morgan fingerprint density at radius 2 is 2.25 bits per heavy atom. The molecule has 0 aliphatic rings. The standard InChI is InChI=1S/C9H10BrClO/c1-7-6-8(12-5-4-11)2-3-9(7)10/h2-3,6H,4-5H2,1H3. The largest absolute Gasteiger partial charge is 0.492 e. The van der Waals surface area contributed by atoms with Crippen LogP contribution in [0.1, 0.15) is 5.56 Å². The Kier molecular flexibility index (Phi) is 3.89. The van der Waals surface area contributed by atoms with Gasteiger partial charge in [-0.1, -0.05) is 15.9 Å². The van der Waals surface area contributed by atoms with Crippen LogP contribution in [-0.2, 0) is 0 Å². The minimum Gasteiger partial charge on any atom is -0.492 e. The number of hydrogen-bond acceptors (Lipinski definition) is 1. The highest BCUT2D eigenvalue weighted by atomic mass is 79.9. The third-order valence-corrected chi connectivity index (χ3v) is 2.52. The quantitative estimate of drug-likeness (QED) is 0.746. The maximum atomic E-state index is 5.49. The maximum Gasteiger partial charge on any atom is 0.119 e. The highest BCUT2D eigenvalue weighted by Crippen LogP contribution is 2.21. The Labute approximate surface area is 85.8 Å². The number of ether oxygens (including phenoxy) is 1. The van der Waals surface area contributed by atoms with Gasteiger partial charge in [-0.05, 0) is 30.7 Å². The Hall–Kier alpha value is -0.210. The first-order valence-corrected chi connectivity index (χ1v) is 5.01. The van der Waals surface area contributed by atoms with E-state index in [1.165, 1.54) is 5.56 Å². The lowest BCUT2D eigenvalue weighted by Crippen LogP contribution is -1.97. The molecule has 12 heavy (non-hydrogen) atoms. The number of rotatable bonds is 3. The molecule has 0 bridgehead atoms. The summed E-state index contributed by atoms with van der Waals surface area (Å²) >= 11 is 8.90. The highest BCUT2D eigenvalue weighted by Gasteiger charge is 1.96. The maximum absolute atomic E-state index is 5.49. The third kappa shape index (κ3) is 2.68. The van der Waals surface area contributed by atoms with Crippen molar-refractivity contribution in [3.05, 3.63) is 28.2 Å². The molecule has 0 aromatic heterocycles. The van der Waals surface area contributed by atoms with Gasteiger partial charge in [0, 0.05) is 4.47 Å². The number of aryl methyl sites for hydroxylation is 1. The second-order valence-corrected chi connectivity index (χ2v) is 3.68. The summed E-state index contributed by atoms with van der Waals surface area (Å²) in [6.07, 6.45) is 0. The summed E-state index contributed by atoms with van der Waals surface area (Å²) in [6, 6.07) is 5.87. The molecule has 0 heterocycles. The minimum atomic E-state index is 0.523. The summed E-state index contributed by atoms with van der Waals surface area (Å²) in [5.41, 5.74) is 1.17. The van der Waals surface area contributed by atoms with Crippen molar-refractivity contribution in [3.63, 3.8) is 0 Å². The molecule has 0 aliphatic carbocycles. The number of alkyl halides is 1. The second kappa shape index (κ2) is 4.73. The first-order valence-electron chi connectivity index (χ1n) is 3.69. The van der Waals surface area contributed by atoms with Gasteiger partial charge in [0.05, 0.1) is 5.88 Å². The Morgan fingerprint density at radius 1 is 1.50 bits per heavy atom. The van der Waals surface area contributed by atoms with E-state index in [4.69, 9.17) is 16.3 Å². The van der Waals surface area contributed by atoms with Crippen LogP contribution >= 0.6 is 27.5 Å². The van der Waals surface area contributed by atoms with Gasteiger partial charge in [-0.3, -0.25) is 0 Å². The van der Waals surface area contributed by atoms with Gasteiger partial charge < -0.3 is 4.74 Å². The van der Waals surface area contributed by atoms with Gasteiger partial charge in [0.2, 0.25) is 0 Å². The van der Waals surface area contributed by atoms with Crippen LogP contribution in [0.5, 0.6) is 5.75 Å². The summed E-state index contributed by atoms with van der Waals surface area (Å²) in [5, 5.41) is 0. The molecule has 1 rings (SSSR count). The van der Waals surface area contributed by atoms with Crippen LogP contribution in [0.25, 0.3) is 0 Å². The van der Waals surface area contributed by atoms with Gasteiger partial charge in [-0.15, -0.1) is 11.6 Å². The number of benzene rings is 1. The summed E-state index contributed by atoms with van der Waals surface area (Å²) in [7, 11) is 0. The SMILES string of the molecule is Cc1cc(OCCCl)ccc1Br. The number of halogens is 2. The van der Waals surface area contributed by atoms with E-state index < -0.39 is 0 Å². The molecule has 0 amide bonds. The molecule has 0 radical (unpaired) electrons. The zero-order valence-corrected chi connectivity index (χ0v) is 9.15. The molecule has 1 aromatic rings. The van der Waals surface area contributed by atoms with E-state index in [1.54, 1.807) is 0 Å². The zero-order chi connectivity index (χ0) is 8.97. The zero-order valence-electron chi connectivity index (χ0n) is 6.81. The Morgan fingerprint density at radius 3 is 2.83 bits per heavy atom. The Balaban J connectivity index is 2.69. The molecule has 3 heteroatoms. The minimum absolute atomic E-state index is 0.523. The van der Waals surface area contributed by atoms with Crippen molar-refractivity contribution in [2.45, 2.75) is 6.92 Å². The molecule has 0 spiro atoms. The second-order valence-electron chi connectivity index (χ2n) is 2.45. The van der Waals surface area contributed by atoms with Crippen molar-refractivity contribution in [2.24, 2.45) is 0 Å². The van der Waals surface area contributed by atoms with Crippen LogP contribution in [0.15, 0.2) is 22.7 Å². The lowest BCUT2D eigenvalue weighted by Gasteiger charge is -2.05. The molecule has 0 aliphatic heterocycles. The molecule has 1 nitrogen and oxygen atoms in total. The average molecular weight is 250 g/mol. The Bertz CT molecular complexity index is 263. The van der Waals surface area contributed by atoms with Crippen LogP contribution in [0, 0.1) is 6.92 Å². The highest BCUT2D eigenvalue weighted by molar-refractivity contribution is 9.10. The molecule has 1 aromatic carbocycles. The topological polar surface area (TPSA) is 9.23 Å². The van der Waals surface area contributed by atoms with Crippen LogP contribution in [0.3, 0.4) is 0 Å². The third-order valence-electron chi connectivity index (χ3n) is 1.48.